The number of halogens is 5. The Morgan fingerprint density at radius 1 is 1.07 bits per heavy atom. The number of aliphatic hydroxyl groups excluding tert-OH is 1. The van der Waals surface area contributed by atoms with E-state index in [1.165, 1.54) is 6.07 Å². The molecule has 2 aliphatic heterocycles. The molecule has 0 radical (unpaired) electrons. The molecular weight excluding hydrogens is 617 g/mol. The van der Waals surface area contributed by atoms with Crippen molar-refractivity contribution >= 4 is 45.7 Å². The lowest BCUT2D eigenvalue weighted by molar-refractivity contribution is -0.137. The van der Waals surface area contributed by atoms with Crippen molar-refractivity contribution in [2.75, 3.05) is 38.3 Å². The standard InChI is InChI=1S/C29H26F5N5O3.CH4O.CH2O/c1-15-14-40-11-9-20(15)39-21-7-6-16(29(32,33)34)12-19(21)35-28(39)41-17-8-10-38(13-17)27-24-23(36-26(37-27)25(30)31)18-4-2-3-5-22(18)42-24;2*1-2/h2-7,12,15,17,20,25H,8-11,13-14H2,1H3;2H,1H3;1H2/t15?,17-,20+;;/m0../s1. The minimum atomic E-state index is -4.51. The van der Waals surface area contributed by atoms with Gasteiger partial charge in [-0.2, -0.15) is 18.2 Å². The summed E-state index contributed by atoms with van der Waals surface area (Å²) >= 11 is 0. The summed E-state index contributed by atoms with van der Waals surface area (Å²) in [5.74, 6) is -0.265. The van der Waals surface area contributed by atoms with Crippen LogP contribution in [0.25, 0.3) is 33.1 Å². The second-order valence-electron chi connectivity index (χ2n) is 10.8. The van der Waals surface area contributed by atoms with Crippen LogP contribution in [0.4, 0.5) is 27.8 Å². The Bertz CT molecular complexity index is 1810. The maximum Gasteiger partial charge on any atom is 0.416 e. The van der Waals surface area contributed by atoms with Crippen LogP contribution in [0.15, 0.2) is 46.9 Å². The SMILES string of the molecule is C=O.CC1COCC[C@H]1n1c(O[C@H]2CCN(c3nc(C(F)F)nc4c3oc3ccccc34)C2)nc2cc(C(F)(F)F)ccc21.CO. The van der Waals surface area contributed by atoms with Gasteiger partial charge in [0.1, 0.15) is 24.0 Å². The Labute approximate surface area is 259 Å². The van der Waals surface area contributed by atoms with E-state index in [1.54, 1.807) is 24.3 Å². The number of carbonyl (C=O) groups excluding carboxylic acids is 1. The summed E-state index contributed by atoms with van der Waals surface area (Å²) < 4.78 is 87.9. The lowest BCUT2D eigenvalue weighted by Gasteiger charge is -2.31. The molecule has 46 heavy (non-hydrogen) atoms. The molecule has 2 aromatic carbocycles. The summed E-state index contributed by atoms with van der Waals surface area (Å²) in [5.41, 5.74) is 1.09. The van der Waals surface area contributed by atoms with E-state index in [9.17, 15) is 22.0 Å². The summed E-state index contributed by atoms with van der Waals surface area (Å²) in [5, 5.41) is 7.61. The highest BCUT2D eigenvalue weighted by molar-refractivity contribution is 6.05. The lowest BCUT2D eigenvalue weighted by atomic mass is 9.97. The molecule has 0 saturated carbocycles. The average Bonchev–Trinajstić information content (AvgIpc) is 3.77. The van der Waals surface area contributed by atoms with Crippen LogP contribution in [-0.4, -0.2) is 70.9 Å². The predicted molar refractivity (Wildman–Crippen MR) is 159 cm³/mol. The number of imidazole rings is 1. The molecule has 246 valence electrons. The third kappa shape index (κ3) is 6.20. The van der Waals surface area contributed by atoms with Crippen LogP contribution in [0.3, 0.4) is 0 Å². The van der Waals surface area contributed by atoms with Crippen LogP contribution in [0, 0.1) is 5.92 Å². The van der Waals surface area contributed by atoms with E-state index in [0.29, 0.717) is 60.2 Å². The van der Waals surface area contributed by atoms with E-state index >= 15 is 0 Å². The number of aromatic nitrogens is 4. The van der Waals surface area contributed by atoms with Crippen molar-refractivity contribution in [3.05, 3.63) is 53.9 Å². The maximum absolute atomic E-state index is 13.8. The van der Waals surface area contributed by atoms with E-state index in [1.807, 2.05) is 23.2 Å². The minimum Gasteiger partial charge on any atom is -0.459 e. The summed E-state index contributed by atoms with van der Waals surface area (Å²) in [6, 6.07) is 10.7. The van der Waals surface area contributed by atoms with Crippen molar-refractivity contribution in [1.82, 2.24) is 19.5 Å². The molecule has 7 rings (SSSR count). The number of benzene rings is 2. The molecule has 5 aromatic rings. The second kappa shape index (κ2) is 13.5. The van der Waals surface area contributed by atoms with E-state index in [4.69, 9.17) is 23.8 Å². The van der Waals surface area contributed by atoms with Gasteiger partial charge in [-0.05, 0) is 36.8 Å². The van der Waals surface area contributed by atoms with Gasteiger partial charge in [0.25, 0.3) is 12.4 Å². The summed E-state index contributed by atoms with van der Waals surface area (Å²) in [6.45, 7) is 5.76. The molecular formula is C31H32F5N5O5. The summed E-state index contributed by atoms with van der Waals surface area (Å²) in [4.78, 5) is 22.6. The second-order valence-corrected chi connectivity index (χ2v) is 10.8. The number of para-hydroxylation sites is 1. The molecule has 1 unspecified atom stereocenters. The molecule has 10 nitrogen and oxygen atoms in total. The van der Waals surface area contributed by atoms with Gasteiger partial charge in [0, 0.05) is 44.0 Å². The molecule has 5 heterocycles. The predicted octanol–water partition coefficient (Wildman–Crippen LogP) is 6.36. The molecule has 3 aromatic heterocycles. The first kappa shape index (κ1) is 33.0. The Hall–Kier alpha value is -4.37. The zero-order chi connectivity index (χ0) is 33.2. The fraction of sp³-hybridized carbons (Fsp3) is 0.419. The zero-order valence-electron chi connectivity index (χ0n) is 25.0. The Balaban J connectivity index is 0.00000100. The fourth-order valence-electron chi connectivity index (χ4n) is 5.98. The third-order valence-corrected chi connectivity index (χ3v) is 8.04. The molecule has 0 bridgehead atoms. The van der Waals surface area contributed by atoms with Crippen molar-refractivity contribution in [2.24, 2.45) is 5.92 Å². The van der Waals surface area contributed by atoms with Crippen molar-refractivity contribution in [3.63, 3.8) is 0 Å². The number of hydrogen-bond donors (Lipinski definition) is 1. The number of anilines is 1. The molecule has 0 spiro atoms. The van der Waals surface area contributed by atoms with E-state index < -0.39 is 30.1 Å². The van der Waals surface area contributed by atoms with E-state index in [0.717, 1.165) is 19.2 Å². The smallest absolute Gasteiger partial charge is 0.416 e. The van der Waals surface area contributed by atoms with Gasteiger partial charge < -0.3 is 28.7 Å². The topological polar surface area (TPSA) is 116 Å². The van der Waals surface area contributed by atoms with Gasteiger partial charge in [0.15, 0.2) is 17.2 Å². The monoisotopic (exact) mass is 649 g/mol. The highest BCUT2D eigenvalue weighted by Gasteiger charge is 2.35. The molecule has 2 saturated heterocycles. The highest BCUT2D eigenvalue weighted by Crippen LogP contribution is 2.39. The van der Waals surface area contributed by atoms with Crippen LogP contribution < -0.4 is 9.64 Å². The van der Waals surface area contributed by atoms with Gasteiger partial charge in [-0.15, -0.1) is 0 Å². The van der Waals surface area contributed by atoms with Crippen LogP contribution in [-0.2, 0) is 15.7 Å². The Morgan fingerprint density at radius 3 is 2.54 bits per heavy atom. The number of rotatable bonds is 5. The van der Waals surface area contributed by atoms with Gasteiger partial charge in [0.2, 0.25) is 0 Å². The number of carbonyl (C=O) groups is 1. The Morgan fingerprint density at radius 2 is 1.83 bits per heavy atom. The van der Waals surface area contributed by atoms with E-state index in [2.05, 4.69) is 15.0 Å². The van der Waals surface area contributed by atoms with Gasteiger partial charge in [-0.25, -0.2) is 18.7 Å². The number of ether oxygens (including phenoxy) is 2. The first-order chi connectivity index (χ1) is 22.2. The van der Waals surface area contributed by atoms with Crippen LogP contribution >= 0.6 is 0 Å². The lowest BCUT2D eigenvalue weighted by Crippen LogP contribution is -2.30. The third-order valence-electron chi connectivity index (χ3n) is 8.04. The average molecular weight is 650 g/mol. The van der Waals surface area contributed by atoms with Crippen LogP contribution in [0.1, 0.15) is 43.6 Å². The molecule has 2 fully saturated rings. The number of fused-ring (bicyclic) bond motifs is 4. The van der Waals surface area contributed by atoms with Crippen molar-refractivity contribution < 1.29 is 45.7 Å². The highest BCUT2D eigenvalue weighted by atomic mass is 19.4. The number of nitrogens with zero attached hydrogens (tertiary/aromatic N) is 5. The van der Waals surface area contributed by atoms with Gasteiger partial charge >= 0.3 is 6.18 Å². The maximum atomic E-state index is 13.8. The van der Waals surface area contributed by atoms with Crippen molar-refractivity contribution in [3.8, 4) is 6.01 Å². The first-order valence-electron chi connectivity index (χ1n) is 14.5. The van der Waals surface area contributed by atoms with Gasteiger partial charge in [-0.1, -0.05) is 19.1 Å². The Kier molecular flexibility index (Phi) is 9.72. The van der Waals surface area contributed by atoms with Gasteiger partial charge in [0.05, 0.1) is 29.7 Å². The largest absolute Gasteiger partial charge is 0.459 e. The summed E-state index contributed by atoms with van der Waals surface area (Å²) in [6.07, 6.45) is -6.65. The normalized spacial score (nSPS) is 20.1. The summed E-state index contributed by atoms with van der Waals surface area (Å²) in [7, 11) is 1.00. The first-order valence-corrected chi connectivity index (χ1v) is 14.5. The molecule has 0 amide bonds. The molecule has 3 atom stereocenters. The van der Waals surface area contributed by atoms with Gasteiger partial charge in [-0.3, -0.25) is 4.57 Å². The number of hydrogen-bond acceptors (Lipinski definition) is 9. The van der Waals surface area contributed by atoms with Crippen molar-refractivity contribution in [2.45, 2.75) is 44.5 Å². The van der Waals surface area contributed by atoms with Crippen molar-refractivity contribution in [1.29, 1.82) is 0 Å². The molecule has 0 aliphatic carbocycles. The molecule has 2 aliphatic rings. The number of furan rings is 1. The van der Waals surface area contributed by atoms with Crippen LogP contribution in [0.2, 0.25) is 0 Å². The number of alkyl halides is 5. The minimum absolute atomic E-state index is 0.0797. The molecule has 15 heteroatoms. The fourth-order valence-corrected chi connectivity index (χ4v) is 5.98. The number of aliphatic hydroxyl groups is 1. The molecule has 1 N–H and O–H groups in total. The quantitative estimate of drug-likeness (QED) is 0.217. The zero-order valence-corrected chi connectivity index (χ0v) is 25.0. The van der Waals surface area contributed by atoms with E-state index in [-0.39, 0.29) is 35.8 Å². The van der Waals surface area contributed by atoms with Crippen LogP contribution in [0.5, 0.6) is 6.01 Å².